The third-order valence-corrected chi connectivity index (χ3v) is 3.51. The van der Waals surface area contributed by atoms with Crippen LogP contribution in [0, 0.1) is 0 Å². The van der Waals surface area contributed by atoms with E-state index in [0.717, 1.165) is 36.6 Å². The molecule has 122 valence electrons. The number of nitrogens with one attached hydrogen (secondary N) is 2. The van der Waals surface area contributed by atoms with Crippen molar-refractivity contribution in [2.24, 2.45) is 0 Å². The average Bonchev–Trinajstić information content (AvgIpc) is 2.58. The first-order valence-electron chi connectivity index (χ1n) is 7.79. The maximum atomic E-state index is 6.15. The Morgan fingerprint density at radius 1 is 1.13 bits per heavy atom. The van der Waals surface area contributed by atoms with E-state index in [2.05, 4.69) is 27.5 Å². The molecule has 0 spiro atoms. The second-order valence-electron chi connectivity index (χ2n) is 5.25. The lowest BCUT2D eigenvalue weighted by Crippen LogP contribution is -2.15. The van der Waals surface area contributed by atoms with Crippen LogP contribution in [0.2, 0.25) is 0 Å². The fourth-order valence-corrected chi connectivity index (χ4v) is 2.28. The van der Waals surface area contributed by atoms with Crippen molar-refractivity contribution < 1.29 is 9.47 Å². The number of nitrogen functional groups attached to an aromatic ring is 1. The molecule has 2 aromatic rings. The standard InChI is InChI=1S/C16H21N5O2/c1-2-3-6-18-15-14(17)16(20-10-19-15)21-11-4-5-12-13(9-11)23-8-7-22-12/h4-5,9-10H,2-3,6-8,17H2,1H3,(H2,18,19,20,21). The van der Waals surface area contributed by atoms with Gasteiger partial charge in [-0.05, 0) is 18.6 Å². The predicted octanol–water partition coefficient (Wildman–Crippen LogP) is 2.79. The zero-order chi connectivity index (χ0) is 16.1. The number of unbranched alkanes of at least 4 members (excludes halogenated alkanes) is 1. The summed E-state index contributed by atoms with van der Waals surface area (Å²) in [5.41, 5.74) is 7.48. The first-order chi connectivity index (χ1) is 11.3. The van der Waals surface area contributed by atoms with Crippen molar-refractivity contribution in [3.05, 3.63) is 24.5 Å². The Hall–Kier alpha value is -2.70. The van der Waals surface area contributed by atoms with E-state index in [4.69, 9.17) is 15.2 Å². The van der Waals surface area contributed by atoms with Crippen molar-refractivity contribution in [1.82, 2.24) is 9.97 Å². The van der Waals surface area contributed by atoms with Crippen LogP contribution in [0.15, 0.2) is 24.5 Å². The minimum absolute atomic E-state index is 0.499. The molecule has 3 rings (SSSR count). The number of ether oxygens (including phenoxy) is 2. The minimum atomic E-state index is 0.499. The summed E-state index contributed by atoms with van der Waals surface area (Å²) in [6, 6.07) is 5.65. The van der Waals surface area contributed by atoms with Crippen LogP contribution in [-0.2, 0) is 0 Å². The maximum absolute atomic E-state index is 6.15. The van der Waals surface area contributed by atoms with Crippen LogP contribution in [0.5, 0.6) is 11.5 Å². The summed E-state index contributed by atoms with van der Waals surface area (Å²) in [4.78, 5) is 8.41. The molecule has 0 unspecified atom stereocenters. The lowest BCUT2D eigenvalue weighted by atomic mass is 10.2. The smallest absolute Gasteiger partial charge is 0.163 e. The maximum Gasteiger partial charge on any atom is 0.163 e. The van der Waals surface area contributed by atoms with Crippen LogP contribution in [-0.4, -0.2) is 29.7 Å². The molecule has 0 amide bonds. The zero-order valence-electron chi connectivity index (χ0n) is 13.1. The number of aromatic nitrogens is 2. The second kappa shape index (κ2) is 7.04. The Morgan fingerprint density at radius 3 is 2.74 bits per heavy atom. The number of anilines is 4. The van der Waals surface area contributed by atoms with E-state index >= 15 is 0 Å². The van der Waals surface area contributed by atoms with E-state index in [1.807, 2.05) is 18.2 Å². The zero-order valence-corrected chi connectivity index (χ0v) is 13.1. The van der Waals surface area contributed by atoms with E-state index in [1.54, 1.807) is 0 Å². The normalized spacial score (nSPS) is 12.7. The highest BCUT2D eigenvalue weighted by Gasteiger charge is 2.13. The molecule has 0 atom stereocenters. The van der Waals surface area contributed by atoms with Gasteiger partial charge in [0.05, 0.1) is 0 Å². The first-order valence-corrected chi connectivity index (χ1v) is 7.79. The Morgan fingerprint density at radius 2 is 1.91 bits per heavy atom. The third-order valence-electron chi connectivity index (χ3n) is 3.51. The van der Waals surface area contributed by atoms with Crippen molar-refractivity contribution in [2.75, 3.05) is 36.1 Å². The topological polar surface area (TPSA) is 94.3 Å². The van der Waals surface area contributed by atoms with Gasteiger partial charge in [0.2, 0.25) is 0 Å². The largest absolute Gasteiger partial charge is 0.486 e. The van der Waals surface area contributed by atoms with E-state index in [0.29, 0.717) is 30.5 Å². The van der Waals surface area contributed by atoms with Crippen molar-refractivity contribution in [2.45, 2.75) is 19.8 Å². The Labute approximate surface area is 135 Å². The van der Waals surface area contributed by atoms with E-state index in [1.165, 1.54) is 6.33 Å². The summed E-state index contributed by atoms with van der Waals surface area (Å²) in [7, 11) is 0. The number of hydrogen-bond donors (Lipinski definition) is 3. The van der Waals surface area contributed by atoms with Gasteiger partial charge in [0.1, 0.15) is 25.2 Å². The number of nitrogens with zero attached hydrogens (tertiary/aromatic N) is 2. The van der Waals surface area contributed by atoms with Gasteiger partial charge in [-0.15, -0.1) is 0 Å². The lowest BCUT2D eigenvalue weighted by molar-refractivity contribution is 0.171. The molecule has 0 bridgehead atoms. The molecule has 0 saturated carbocycles. The van der Waals surface area contributed by atoms with Gasteiger partial charge >= 0.3 is 0 Å². The molecule has 2 heterocycles. The molecule has 0 fully saturated rings. The van der Waals surface area contributed by atoms with Crippen LogP contribution in [0.3, 0.4) is 0 Å². The highest BCUT2D eigenvalue weighted by molar-refractivity contribution is 5.78. The highest BCUT2D eigenvalue weighted by atomic mass is 16.6. The van der Waals surface area contributed by atoms with Crippen LogP contribution in [0.25, 0.3) is 0 Å². The predicted molar refractivity (Wildman–Crippen MR) is 90.6 cm³/mol. The Kier molecular flexibility index (Phi) is 4.65. The fraction of sp³-hybridized carbons (Fsp3) is 0.375. The van der Waals surface area contributed by atoms with Crippen LogP contribution < -0.4 is 25.8 Å². The molecule has 4 N–H and O–H groups in total. The van der Waals surface area contributed by atoms with Crippen LogP contribution >= 0.6 is 0 Å². The molecule has 1 aromatic heterocycles. The van der Waals surface area contributed by atoms with E-state index in [-0.39, 0.29) is 0 Å². The Bertz CT molecular complexity index is 678. The average molecular weight is 315 g/mol. The van der Waals surface area contributed by atoms with Gasteiger partial charge in [-0.3, -0.25) is 0 Å². The molecule has 23 heavy (non-hydrogen) atoms. The second-order valence-corrected chi connectivity index (χ2v) is 5.25. The molecule has 1 aliphatic heterocycles. The van der Waals surface area contributed by atoms with Gasteiger partial charge in [0.25, 0.3) is 0 Å². The summed E-state index contributed by atoms with van der Waals surface area (Å²) >= 11 is 0. The summed E-state index contributed by atoms with van der Waals surface area (Å²) in [6.07, 6.45) is 3.67. The number of benzene rings is 1. The summed E-state index contributed by atoms with van der Waals surface area (Å²) in [5.74, 6) is 2.68. The van der Waals surface area contributed by atoms with Gasteiger partial charge < -0.3 is 25.8 Å². The van der Waals surface area contributed by atoms with Gasteiger partial charge in [-0.2, -0.15) is 0 Å². The first kappa shape index (κ1) is 15.2. The molecular formula is C16H21N5O2. The molecule has 0 aliphatic carbocycles. The number of rotatable bonds is 6. The van der Waals surface area contributed by atoms with Crippen molar-refractivity contribution >= 4 is 23.0 Å². The lowest BCUT2D eigenvalue weighted by Gasteiger charge is -2.19. The summed E-state index contributed by atoms with van der Waals surface area (Å²) < 4.78 is 11.1. The fourth-order valence-electron chi connectivity index (χ4n) is 2.28. The summed E-state index contributed by atoms with van der Waals surface area (Å²) in [5, 5.41) is 6.43. The molecule has 7 heteroatoms. The highest BCUT2D eigenvalue weighted by Crippen LogP contribution is 2.34. The van der Waals surface area contributed by atoms with Gasteiger partial charge in [0.15, 0.2) is 23.1 Å². The van der Waals surface area contributed by atoms with Gasteiger partial charge in [0, 0.05) is 18.3 Å². The number of hydrogen-bond acceptors (Lipinski definition) is 7. The Balaban J connectivity index is 1.76. The van der Waals surface area contributed by atoms with Crippen molar-refractivity contribution in [3.63, 3.8) is 0 Å². The quantitative estimate of drug-likeness (QED) is 0.706. The molecule has 1 aromatic carbocycles. The SMILES string of the molecule is CCCCNc1ncnc(Nc2ccc3c(c2)OCCO3)c1N. The molecular weight excluding hydrogens is 294 g/mol. The molecule has 0 saturated heterocycles. The van der Waals surface area contributed by atoms with Crippen LogP contribution in [0.1, 0.15) is 19.8 Å². The van der Waals surface area contributed by atoms with Crippen molar-refractivity contribution in [3.8, 4) is 11.5 Å². The molecule has 0 radical (unpaired) electrons. The van der Waals surface area contributed by atoms with Crippen LogP contribution in [0.4, 0.5) is 23.0 Å². The van der Waals surface area contributed by atoms with E-state index in [9.17, 15) is 0 Å². The van der Waals surface area contributed by atoms with Gasteiger partial charge in [-0.25, -0.2) is 9.97 Å². The number of nitrogens with two attached hydrogens (primary N) is 1. The summed E-state index contributed by atoms with van der Waals surface area (Å²) in [6.45, 7) is 4.10. The van der Waals surface area contributed by atoms with Gasteiger partial charge in [-0.1, -0.05) is 13.3 Å². The monoisotopic (exact) mass is 315 g/mol. The van der Waals surface area contributed by atoms with E-state index < -0.39 is 0 Å². The van der Waals surface area contributed by atoms with Crippen molar-refractivity contribution in [1.29, 1.82) is 0 Å². The minimum Gasteiger partial charge on any atom is -0.486 e. The molecule has 7 nitrogen and oxygen atoms in total. The third kappa shape index (κ3) is 3.56. The number of fused-ring (bicyclic) bond motifs is 1. The molecule has 1 aliphatic rings.